The maximum atomic E-state index is 13.9. The Kier molecular flexibility index (Phi) is 14.6. The molecule has 3 atom stereocenters. The standard InChI is InChI=1S/C37H45ClN6O7/c1-23(2)33-37(49)41-17-7-11-25-13-14-30(50-3)31(20-25)51-22-32(45)40-16-8-12-28(42-34(46)26-15-18-39-21-27(26)38)35(47)43-29(36(48)44-33)19-24-9-5-4-6-10-24/h4-6,9-10,13-15,18,20-21,23,28-29,33H,7-8,11-12,16-17,19,22H2,1-3H3,(H,40,45)(H,41,49)(H,42,46)(H,43,47)(H,44,48)/t28-,29-,33+/m0/s1. The van der Waals surface area contributed by atoms with E-state index in [0.717, 1.165) is 11.1 Å². The van der Waals surface area contributed by atoms with Gasteiger partial charge in [0, 0.05) is 31.9 Å². The molecule has 2 bridgehead atoms. The third-order valence-corrected chi connectivity index (χ3v) is 8.62. The molecule has 51 heavy (non-hydrogen) atoms. The summed E-state index contributed by atoms with van der Waals surface area (Å²) in [6.07, 6.45) is 4.46. The first-order chi connectivity index (χ1) is 24.5. The van der Waals surface area contributed by atoms with Gasteiger partial charge in [-0.15, -0.1) is 0 Å². The Morgan fingerprint density at radius 3 is 2.47 bits per heavy atom. The number of methoxy groups -OCH3 is 1. The van der Waals surface area contributed by atoms with Gasteiger partial charge >= 0.3 is 0 Å². The van der Waals surface area contributed by atoms with Crippen LogP contribution in [-0.2, 0) is 32.0 Å². The van der Waals surface area contributed by atoms with E-state index >= 15 is 0 Å². The number of benzene rings is 2. The van der Waals surface area contributed by atoms with Gasteiger partial charge in [0.2, 0.25) is 17.7 Å². The number of fused-ring (bicyclic) bond motifs is 2. The van der Waals surface area contributed by atoms with E-state index in [2.05, 4.69) is 31.6 Å². The largest absolute Gasteiger partial charge is 0.493 e. The number of amides is 5. The van der Waals surface area contributed by atoms with Gasteiger partial charge in [-0.05, 0) is 60.9 Å². The Labute approximate surface area is 302 Å². The molecule has 4 rings (SSSR count). The van der Waals surface area contributed by atoms with Crippen LogP contribution in [0.15, 0.2) is 67.0 Å². The molecular weight excluding hydrogens is 676 g/mol. The van der Waals surface area contributed by atoms with Crippen LogP contribution < -0.4 is 36.1 Å². The van der Waals surface area contributed by atoms with Crippen molar-refractivity contribution in [3.05, 3.63) is 88.7 Å². The number of aryl methyl sites for hydroxylation is 1. The van der Waals surface area contributed by atoms with Crippen LogP contribution >= 0.6 is 11.6 Å². The lowest BCUT2D eigenvalue weighted by Gasteiger charge is -2.27. The number of aromatic nitrogens is 1. The molecule has 5 N–H and O–H groups in total. The Hall–Kier alpha value is -5.17. The zero-order chi connectivity index (χ0) is 36.8. The third kappa shape index (κ3) is 11.7. The minimum absolute atomic E-state index is 0.0996. The summed E-state index contributed by atoms with van der Waals surface area (Å²) in [5, 5.41) is 14.2. The van der Waals surface area contributed by atoms with E-state index in [9.17, 15) is 24.0 Å². The average Bonchev–Trinajstić information content (AvgIpc) is 3.12. The van der Waals surface area contributed by atoms with Gasteiger partial charge < -0.3 is 36.1 Å². The van der Waals surface area contributed by atoms with E-state index < -0.39 is 35.8 Å². The second-order valence-electron chi connectivity index (χ2n) is 12.5. The van der Waals surface area contributed by atoms with Gasteiger partial charge in [0.25, 0.3) is 11.8 Å². The summed E-state index contributed by atoms with van der Waals surface area (Å²) in [4.78, 5) is 71.0. The summed E-state index contributed by atoms with van der Waals surface area (Å²) >= 11 is 6.21. The summed E-state index contributed by atoms with van der Waals surface area (Å²) in [6.45, 7) is 3.90. The molecule has 13 nitrogen and oxygen atoms in total. The van der Waals surface area contributed by atoms with Gasteiger partial charge in [-0.2, -0.15) is 0 Å². The van der Waals surface area contributed by atoms with Crippen LogP contribution in [0.4, 0.5) is 0 Å². The zero-order valence-corrected chi connectivity index (χ0v) is 29.8. The Morgan fingerprint density at radius 1 is 0.980 bits per heavy atom. The predicted molar refractivity (Wildman–Crippen MR) is 191 cm³/mol. The molecule has 0 aliphatic carbocycles. The first-order valence-electron chi connectivity index (χ1n) is 16.9. The molecule has 0 unspecified atom stereocenters. The highest BCUT2D eigenvalue weighted by atomic mass is 35.5. The van der Waals surface area contributed by atoms with Gasteiger partial charge in [0.15, 0.2) is 18.1 Å². The van der Waals surface area contributed by atoms with Crippen molar-refractivity contribution in [3.63, 3.8) is 0 Å². The van der Waals surface area contributed by atoms with Crippen molar-refractivity contribution in [3.8, 4) is 11.5 Å². The Balaban J connectivity index is 1.61. The highest BCUT2D eigenvalue weighted by Crippen LogP contribution is 2.28. The van der Waals surface area contributed by atoms with Gasteiger partial charge in [-0.3, -0.25) is 29.0 Å². The van der Waals surface area contributed by atoms with E-state index in [1.807, 2.05) is 50.2 Å². The van der Waals surface area contributed by atoms with Crippen molar-refractivity contribution in [1.29, 1.82) is 0 Å². The Bertz CT molecular complexity index is 1670. The molecule has 2 heterocycles. The number of nitrogens with zero attached hydrogens (tertiary/aromatic N) is 1. The maximum Gasteiger partial charge on any atom is 0.257 e. The van der Waals surface area contributed by atoms with Gasteiger partial charge in [0.05, 0.1) is 17.7 Å². The molecule has 1 aliphatic rings. The number of carbonyl (C=O) groups excluding carboxylic acids is 5. The van der Waals surface area contributed by atoms with Crippen LogP contribution in [0.5, 0.6) is 11.5 Å². The van der Waals surface area contributed by atoms with E-state index in [-0.39, 0.29) is 60.7 Å². The summed E-state index contributed by atoms with van der Waals surface area (Å²) < 4.78 is 11.2. The van der Waals surface area contributed by atoms with Gasteiger partial charge in [-0.1, -0.05) is 61.8 Å². The number of halogens is 1. The quantitative estimate of drug-likeness (QED) is 0.258. The molecule has 5 amide bonds. The van der Waals surface area contributed by atoms with Crippen LogP contribution in [0.25, 0.3) is 0 Å². The van der Waals surface area contributed by atoms with Crippen molar-refractivity contribution in [2.75, 3.05) is 26.8 Å². The summed E-state index contributed by atoms with van der Waals surface area (Å²) in [7, 11) is 1.51. The number of hydrogen-bond donors (Lipinski definition) is 5. The number of nitrogens with one attached hydrogen (secondary N) is 5. The monoisotopic (exact) mass is 720 g/mol. The minimum atomic E-state index is -1.12. The van der Waals surface area contributed by atoms with Crippen LogP contribution in [0.2, 0.25) is 5.02 Å². The summed E-state index contributed by atoms with van der Waals surface area (Å²) in [5.74, 6) is -1.93. The first-order valence-corrected chi connectivity index (χ1v) is 17.3. The summed E-state index contributed by atoms with van der Waals surface area (Å²) in [6, 6.07) is 12.9. The molecular formula is C37H45ClN6O7. The molecule has 272 valence electrons. The zero-order valence-electron chi connectivity index (χ0n) is 29.0. The van der Waals surface area contributed by atoms with Crippen molar-refractivity contribution in [2.24, 2.45) is 5.92 Å². The lowest BCUT2D eigenvalue weighted by atomic mass is 10.00. The van der Waals surface area contributed by atoms with E-state index in [1.165, 1.54) is 25.6 Å². The van der Waals surface area contributed by atoms with E-state index in [4.69, 9.17) is 21.1 Å². The van der Waals surface area contributed by atoms with Crippen molar-refractivity contribution in [2.45, 2.75) is 64.1 Å². The highest BCUT2D eigenvalue weighted by Gasteiger charge is 2.31. The normalized spacial score (nSPS) is 19.9. The fraction of sp³-hybridized carbons (Fsp3) is 0.405. The van der Waals surface area contributed by atoms with Crippen LogP contribution in [-0.4, -0.2) is 79.5 Å². The smallest absolute Gasteiger partial charge is 0.257 e. The number of rotatable bonds is 6. The maximum absolute atomic E-state index is 13.9. The number of pyridine rings is 1. The number of ether oxygens (including phenoxy) is 2. The molecule has 1 aromatic heterocycles. The molecule has 14 heteroatoms. The van der Waals surface area contributed by atoms with E-state index in [0.29, 0.717) is 30.9 Å². The molecule has 0 radical (unpaired) electrons. The topological polar surface area (TPSA) is 177 Å². The molecule has 0 fully saturated rings. The summed E-state index contributed by atoms with van der Waals surface area (Å²) in [5.41, 5.74) is 1.82. The van der Waals surface area contributed by atoms with Crippen LogP contribution in [0, 0.1) is 5.92 Å². The lowest BCUT2D eigenvalue weighted by Crippen LogP contribution is -2.58. The predicted octanol–water partition coefficient (Wildman–Crippen LogP) is 2.75. The third-order valence-electron chi connectivity index (χ3n) is 8.32. The van der Waals surface area contributed by atoms with E-state index in [1.54, 1.807) is 12.1 Å². The molecule has 0 saturated carbocycles. The highest BCUT2D eigenvalue weighted by molar-refractivity contribution is 6.33. The molecule has 1 aliphatic heterocycles. The number of carbonyl (C=O) groups is 5. The SMILES string of the molecule is COc1ccc2cc1OCC(=O)NCCC[C@H](NC(=O)c1ccncc1Cl)C(=O)N[C@@H](Cc1ccccc1)C(=O)N[C@H](C(C)C)C(=O)NCCC2. The molecule has 2 aromatic carbocycles. The Morgan fingerprint density at radius 2 is 1.75 bits per heavy atom. The molecule has 0 saturated heterocycles. The minimum Gasteiger partial charge on any atom is -0.493 e. The fourth-order valence-corrected chi connectivity index (χ4v) is 5.72. The first kappa shape index (κ1) is 38.6. The van der Waals surface area contributed by atoms with Crippen LogP contribution in [0.3, 0.4) is 0 Å². The lowest BCUT2D eigenvalue weighted by molar-refractivity contribution is -0.133. The van der Waals surface area contributed by atoms with Gasteiger partial charge in [0.1, 0.15) is 18.1 Å². The fourth-order valence-electron chi connectivity index (χ4n) is 5.52. The molecule has 3 aromatic rings. The van der Waals surface area contributed by atoms with Crippen molar-refractivity contribution >= 4 is 41.1 Å². The second-order valence-corrected chi connectivity index (χ2v) is 12.9. The van der Waals surface area contributed by atoms with Gasteiger partial charge in [-0.25, -0.2) is 0 Å². The van der Waals surface area contributed by atoms with Crippen molar-refractivity contribution in [1.82, 2.24) is 31.6 Å². The van der Waals surface area contributed by atoms with Crippen LogP contribution in [0.1, 0.15) is 54.6 Å². The second kappa shape index (κ2) is 19.3. The molecule has 0 spiro atoms. The number of hydrogen-bond acceptors (Lipinski definition) is 8. The average molecular weight is 721 g/mol. The van der Waals surface area contributed by atoms with Crippen molar-refractivity contribution < 1.29 is 33.4 Å².